The van der Waals surface area contributed by atoms with Crippen molar-refractivity contribution in [3.05, 3.63) is 35.9 Å². The van der Waals surface area contributed by atoms with E-state index in [4.69, 9.17) is 4.74 Å². The van der Waals surface area contributed by atoms with Crippen LogP contribution < -0.4 is 5.32 Å². The fraction of sp³-hybridized carbons (Fsp3) is 0.538. The molecule has 1 unspecified atom stereocenters. The van der Waals surface area contributed by atoms with Gasteiger partial charge in [-0.3, -0.25) is 0 Å². The van der Waals surface area contributed by atoms with Crippen molar-refractivity contribution in [3.63, 3.8) is 0 Å². The summed E-state index contributed by atoms with van der Waals surface area (Å²) in [5, 5.41) is 3.08. The topological polar surface area (TPSA) is 21.3 Å². The number of hydrogen-bond acceptors (Lipinski definition) is 2. The molecule has 0 amide bonds. The quantitative estimate of drug-likeness (QED) is 0.760. The number of hydrogen-bond donors (Lipinski definition) is 1. The Kier molecular flexibility index (Phi) is 6.15. The molecule has 0 radical (unpaired) electrons. The van der Waals surface area contributed by atoms with Gasteiger partial charge in [0.05, 0.1) is 12.6 Å². The van der Waals surface area contributed by atoms with E-state index in [2.05, 4.69) is 5.32 Å². The molecule has 18 heavy (non-hydrogen) atoms. The molecule has 0 saturated heterocycles. The number of alkyl halides is 3. The first-order chi connectivity index (χ1) is 8.53. The lowest BCUT2D eigenvalue weighted by molar-refractivity contribution is -0.138. The average Bonchev–Trinajstić information content (AvgIpc) is 2.33. The molecule has 0 aliphatic rings. The highest BCUT2D eigenvalue weighted by Gasteiger charge is 2.25. The highest BCUT2D eigenvalue weighted by atomic mass is 19.4. The summed E-state index contributed by atoms with van der Waals surface area (Å²) in [4.78, 5) is 0. The molecule has 1 rings (SSSR count). The number of halogens is 3. The Morgan fingerprint density at radius 3 is 2.44 bits per heavy atom. The van der Waals surface area contributed by atoms with Crippen molar-refractivity contribution in [2.45, 2.75) is 25.1 Å². The van der Waals surface area contributed by atoms with Crippen LogP contribution in [0.5, 0.6) is 0 Å². The van der Waals surface area contributed by atoms with Crippen molar-refractivity contribution in [2.24, 2.45) is 0 Å². The van der Waals surface area contributed by atoms with Gasteiger partial charge in [-0.2, -0.15) is 13.2 Å². The van der Waals surface area contributed by atoms with Crippen molar-refractivity contribution in [2.75, 3.05) is 20.3 Å². The normalized spacial score (nSPS) is 13.6. The second-order valence-electron chi connectivity index (χ2n) is 4.05. The number of likely N-dealkylation sites (N-methyl/N-ethyl adjacent to an activating group) is 1. The van der Waals surface area contributed by atoms with Crippen LogP contribution in [0.1, 0.15) is 24.4 Å². The van der Waals surface area contributed by atoms with E-state index >= 15 is 0 Å². The predicted octanol–water partition coefficient (Wildman–Crippen LogP) is 3.31. The molecule has 1 aromatic rings. The Hall–Kier alpha value is -1.07. The third-order valence-electron chi connectivity index (χ3n) is 2.58. The van der Waals surface area contributed by atoms with Gasteiger partial charge in [0.25, 0.3) is 0 Å². The average molecular weight is 261 g/mol. The number of benzene rings is 1. The van der Waals surface area contributed by atoms with Gasteiger partial charge in [-0.1, -0.05) is 30.3 Å². The van der Waals surface area contributed by atoms with Crippen LogP contribution in [0.25, 0.3) is 0 Å². The lowest BCUT2D eigenvalue weighted by Gasteiger charge is -2.17. The largest absolute Gasteiger partial charge is 0.389 e. The predicted molar refractivity (Wildman–Crippen MR) is 64.4 cm³/mol. The van der Waals surface area contributed by atoms with E-state index < -0.39 is 12.6 Å². The van der Waals surface area contributed by atoms with Crippen molar-refractivity contribution in [1.82, 2.24) is 5.32 Å². The monoisotopic (exact) mass is 261 g/mol. The molecular formula is C13H18F3NO. The fourth-order valence-electron chi connectivity index (χ4n) is 1.61. The van der Waals surface area contributed by atoms with E-state index in [-0.39, 0.29) is 19.1 Å². The zero-order valence-corrected chi connectivity index (χ0v) is 10.3. The maximum absolute atomic E-state index is 11.9. The molecule has 0 spiro atoms. The van der Waals surface area contributed by atoms with Gasteiger partial charge in [-0.25, -0.2) is 0 Å². The van der Waals surface area contributed by atoms with E-state index in [9.17, 15) is 13.2 Å². The minimum Gasteiger partial charge on any atom is -0.379 e. The molecule has 0 aliphatic heterocycles. The molecule has 0 aromatic heterocycles. The molecule has 1 aromatic carbocycles. The Morgan fingerprint density at radius 1 is 1.22 bits per heavy atom. The smallest absolute Gasteiger partial charge is 0.379 e. The van der Waals surface area contributed by atoms with Crippen molar-refractivity contribution < 1.29 is 17.9 Å². The molecule has 0 saturated carbocycles. The van der Waals surface area contributed by atoms with Crippen LogP contribution >= 0.6 is 0 Å². The molecule has 2 nitrogen and oxygen atoms in total. The summed E-state index contributed by atoms with van der Waals surface area (Å²) in [6.07, 6.45) is -4.87. The molecule has 0 fully saturated rings. The third-order valence-corrected chi connectivity index (χ3v) is 2.58. The van der Waals surface area contributed by atoms with Crippen molar-refractivity contribution in [3.8, 4) is 0 Å². The summed E-state index contributed by atoms with van der Waals surface area (Å²) in [6.45, 7) is 0.503. The van der Waals surface area contributed by atoms with E-state index in [1.807, 2.05) is 30.3 Å². The molecule has 102 valence electrons. The Bertz CT molecular complexity index is 327. The Morgan fingerprint density at radius 2 is 1.89 bits per heavy atom. The van der Waals surface area contributed by atoms with Crippen LogP contribution in [0.15, 0.2) is 30.3 Å². The van der Waals surface area contributed by atoms with Gasteiger partial charge in [-0.05, 0) is 19.0 Å². The van der Waals surface area contributed by atoms with Gasteiger partial charge >= 0.3 is 6.18 Å². The van der Waals surface area contributed by atoms with Crippen LogP contribution in [0, 0.1) is 0 Å². The summed E-state index contributed by atoms with van der Waals surface area (Å²) < 4.78 is 41.0. The van der Waals surface area contributed by atoms with Crippen LogP contribution in [0.2, 0.25) is 0 Å². The van der Waals surface area contributed by atoms with Gasteiger partial charge < -0.3 is 10.1 Å². The van der Waals surface area contributed by atoms with Crippen LogP contribution in [-0.2, 0) is 4.74 Å². The zero-order valence-electron chi connectivity index (χ0n) is 10.3. The van der Waals surface area contributed by atoms with Crippen LogP contribution in [0.3, 0.4) is 0 Å². The molecule has 1 N–H and O–H groups in total. The fourth-order valence-corrected chi connectivity index (χ4v) is 1.61. The van der Waals surface area contributed by atoms with Crippen molar-refractivity contribution in [1.29, 1.82) is 0 Å². The minimum atomic E-state index is -4.09. The number of rotatable bonds is 7. The number of nitrogens with one attached hydrogen (secondary N) is 1. The molecule has 1 atom stereocenters. The van der Waals surface area contributed by atoms with E-state index in [0.29, 0.717) is 6.61 Å². The second-order valence-corrected chi connectivity index (χ2v) is 4.05. The van der Waals surface area contributed by atoms with Crippen molar-refractivity contribution >= 4 is 0 Å². The first-order valence-electron chi connectivity index (χ1n) is 5.89. The number of ether oxygens (including phenoxy) is 1. The van der Waals surface area contributed by atoms with Crippen LogP contribution in [0.4, 0.5) is 13.2 Å². The standard InChI is InChI=1S/C13H18F3NO/c1-17-12(11-6-3-2-4-7-11)10-18-9-5-8-13(14,15)16/h2-4,6-7,12,17H,5,8-10H2,1H3. The molecular weight excluding hydrogens is 243 g/mol. The molecule has 5 heteroatoms. The highest BCUT2D eigenvalue weighted by Crippen LogP contribution is 2.21. The zero-order chi connectivity index (χ0) is 13.4. The lowest BCUT2D eigenvalue weighted by atomic mass is 10.1. The SMILES string of the molecule is CNC(COCCCC(F)(F)F)c1ccccc1. The summed E-state index contributed by atoms with van der Waals surface area (Å²) >= 11 is 0. The molecule has 0 bridgehead atoms. The summed E-state index contributed by atoms with van der Waals surface area (Å²) in [6, 6.07) is 9.69. The Balaban J connectivity index is 2.25. The highest BCUT2D eigenvalue weighted by molar-refractivity contribution is 5.18. The van der Waals surface area contributed by atoms with E-state index in [1.54, 1.807) is 7.05 Å². The van der Waals surface area contributed by atoms with Gasteiger partial charge in [0.2, 0.25) is 0 Å². The Labute approximate surface area is 105 Å². The first kappa shape index (κ1) is 15.0. The maximum Gasteiger partial charge on any atom is 0.389 e. The van der Waals surface area contributed by atoms with E-state index in [1.165, 1.54) is 0 Å². The van der Waals surface area contributed by atoms with Gasteiger partial charge in [0.15, 0.2) is 0 Å². The summed E-state index contributed by atoms with van der Waals surface area (Å²) in [5.74, 6) is 0. The third kappa shape index (κ3) is 6.02. The lowest BCUT2D eigenvalue weighted by Crippen LogP contribution is -2.22. The van der Waals surface area contributed by atoms with Gasteiger partial charge in [0, 0.05) is 13.0 Å². The molecule has 0 heterocycles. The van der Waals surface area contributed by atoms with Gasteiger partial charge in [-0.15, -0.1) is 0 Å². The summed E-state index contributed by atoms with van der Waals surface area (Å²) in [5.41, 5.74) is 1.07. The van der Waals surface area contributed by atoms with Crippen LogP contribution in [-0.4, -0.2) is 26.4 Å². The maximum atomic E-state index is 11.9. The second kappa shape index (κ2) is 7.38. The first-order valence-corrected chi connectivity index (χ1v) is 5.89. The van der Waals surface area contributed by atoms with E-state index in [0.717, 1.165) is 5.56 Å². The van der Waals surface area contributed by atoms with Gasteiger partial charge in [0.1, 0.15) is 0 Å². The molecule has 0 aliphatic carbocycles. The summed E-state index contributed by atoms with van der Waals surface area (Å²) in [7, 11) is 1.80. The minimum absolute atomic E-state index is 0.00865.